The molecule has 1 aromatic heterocycles. The number of rotatable bonds is 5. The SMILES string of the molecule is COCC(C(C)C)n1nnnc1-c1cc(C)ccc1N. The average Bonchev–Trinajstić information content (AvgIpc) is 2.87. The Balaban J connectivity index is 2.49. The zero-order valence-corrected chi connectivity index (χ0v) is 12.4. The molecule has 0 aliphatic rings. The quantitative estimate of drug-likeness (QED) is 0.845. The van der Waals surface area contributed by atoms with Crippen molar-refractivity contribution < 1.29 is 4.74 Å². The molecular formula is C14H21N5O. The number of tetrazole rings is 1. The van der Waals surface area contributed by atoms with E-state index in [0.717, 1.165) is 11.1 Å². The number of ether oxygens (including phenoxy) is 1. The number of aromatic nitrogens is 4. The van der Waals surface area contributed by atoms with E-state index in [0.29, 0.717) is 24.0 Å². The Morgan fingerprint density at radius 2 is 2.10 bits per heavy atom. The van der Waals surface area contributed by atoms with Gasteiger partial charge in [-0.1, -0.05) is 25.5 Å². The summed E-state index contributed by atoms with van der Waals surface area (Å²) in [6.45, 7) is 6.82. The third-order valence-corrected chi connectivity index (χ3v) is 3.36. The smallest absolute Gasteiger partial charge is 0.184 e. The maximum Gasteiger partial charge on any atom is 0.184 e. The Morgan fingerprint density at radius 3 is 2.75 bits per heavy atom. The highest BCUT2D eigenvalue weighted by Crippen LogP contribution is 2.28. The molecule has 6 heteroatoms. The van der Waals surface area contributed by atoms with Crippen LogP contribution in [0.2, 0.25) is 0 Å². The van der Waals surface area contributed by atoms with Gasteiger partial charge in [-0.2, -0.15) is 0 Å². The second-order valence-corrected chi connectivity index (χ2v) is 5.30. The van der Waals surface area contributed by atoms with Gasteiger partial charge in [0.15, 0.2) is 5.82 Å². The molecule has 0 spiro atoms. The highest BCUT2D eigenvalue weighted by Gasteiger charge is 2.22. The summed E-state index contributed by atoms with van der Waals surface area (Å²) in [4.78, 5) is 0. The van der Waals surface area contributed by atoms with Gasteiger partial charge in [-0.15, -0.1) is 5.10 Å². The lowest BCUT2D eigenvalue weighted by molar-refractivity contribution is 0.126. The lowest BCUT2D eigenvalue weighted by Crippen LogP contribution is -2.22. The number of nitrogen functional groups attached to an aromatic ring is 1. The third-order valence-electron chi connectivity index (χ3n) is 3.36. The molecule has 0 aliphatic heterocycles. The molecule has 108 valence electrons. The highest BCUT2D eigenvalue weighted by molar-refractivity contribution is 5.72. The van der Waals surface area contributed by atoms with E-state index in [4.69, 9.17) is 10.5 Å². The number of hydrogen-bond donors (Lipinski definition) is 1. The summed E-state index contributed by atoms with van der Waals surface area (Å²) < 4.78 is 7.09. The first-order chi connectivity index (χ1) is 9.54. The van der Waals surface area contributed by atoms with Crippen LogP contribution in [0.3, 0.4) is 0 Å². The van der Waals surface area contributed by atoms with Crippen LogP contribution in [0, 0.1) is 12.8 Å². The van der Waals surface area contributed by atoms with Crippen molar-refractivity contribution in [1.29, 1.82) is 0 Å². The summed E-state index contributed by atoms with van der Waals surface area (Å²) in [7, 11) is 1.68. The highest BCUT2D eigenvalue weighted by atomic mass is 16.5. The zero-order chi connectivity index (χ0) is 14.7. The van der Waals surface area contributed by atoms with Crippen molar-refractivity contribution in [3.8, 4) is 11.4 Å². The molecule has 1 aromatic carbocycles. The van der Waals surface area contributed by atoms with Gasteiger partial charge in [0.2, 0.25) is 0 Å². The maximum atomic E-state index is 6.06. The molecule has 0 bridgehead atoms. The molecule has 20 heavy (non-hydrogen) atoms. The number of aryl methyl sites for hydroxylation is 1. The Labute approximate surface area is 118 Å². The van der Waals surface area contributed by atoms with Gasteiger partial charge in [-0.25, -0.2) is 4.68 Å². The number of methoxy groups -OCH3 is 1. The third kappa shape index (κ3) is 2.80. The van der Waals surface area contributed by atoms with Gasteiger partial charge in [0, 0.05) is 18.4 Å². The molecule has 0 aliphatic carbocycles. The predicted molar refractivity (Wildman–Crippen MR) is 78.2 cm³/mol. The van der Waals surface area contributed by atoms with Crippen LogP contribution in [0.1, 0.15) is 25.5 Å². The molecule has 0 saturated heterocycles. The van der Waals surface area contributed by atoms with E-state index in [1.54, 1.807) is 11.8 Å². The fourth-order valence-electron chi connectivity index (χ4n) is 2.17. The molecule has 0 radical (unpaired) electrons. The fraction of sp³-hybridized carbons (Fsp3) is 0.500. The molecule has 0 amide bonds. The van der Waals surface area contributed by atoms with E-state index in [1.165, 1.54) is 0 Å². The number of anilines is 1. The van der Waals surface area contributed by atoms with Crippen molar-refractivity contribution in [2.24, 2.45) is 5.92 Å². The lowest BCUT2D eigenvalue weighted by atomic mass is 10.0. The molecule has 2 N–H and O–H groups in total. The van der Waals surface area contributed by atoms with Crippen molar-refractivity contribution in [2.45, 2.75) is 26.8 Å². The molecule has 2 aromatic rings. The van der Waals surface area contributed by atoms with Crippen LogP contribution in [0.25, 0.3) is 11.4 Å². The van der Waals surface area contributed by atoms with Gasteiger partial charge in [-0.05, 0) is 35.4 Å². The summed E-state index contributed by atoms with van der Waals surface area (Å²) in [5.41, 5.74) is 8.71. The molecular weight excluding hydrogens is 254 g/mol. The molecule has 0 saturated carbocycles. The Bertz CT molecular complexity index is 579. The van der Waals surface area contributed by atoms with Crippen molar-refractivity contribution in [3.63, 3.8) is 0 Å². The van der Waals surface area contributed by atoms with E-state index >= 15 is 0 Å². The molecule has 1 atom stereocenters. The normalized spacial score (nSPS) is 12.8. The van der Waals surface area contributed by atoms with Crippen LogP contribution < -0.4 is 5.73 Å². The van der Waals surface area contributed by atoms with E-state index in [9.17, 15) is 0 Å². The average molecular weight is 275 g/mol. The van der Waals surface area contributed by atoms with Crippen LogP contribution in [0.5, 0.6) is 0 Å². The monoisotopic (exact) mass is 275 g/mol. The fourth-order valence-corrected chi connectivity index (χ4v) is 2.17. The van der Waals surface area contributed by atoms with E-state index < -0.39 is 0 Å². The van der Waals surface area contributed by atoms with Crippen molar-refractivity contribution >= 4 is 5.69 Å². The Morgan fingerprint density at radius 1 is 1.35 bits per heavy atom. The van der Waals surface area contributed by atoms with E-state index in [1.807, 2.05) is 25.1 Å². The van der Waals surface area contributed by atoms with Crippen LogP contribution in [-0.2, 0) is 4.74 Å². The van der Waals surface area contributed by atoms with Gasteiger partial charge in [0.25, 0.3) is 0 Å². The number of hydrogen-bond acceptors (Lipinski definition) is 5. The van der Waals surface area contributed by atoms with Gasteiger partial charge >= 0.3 is 0 Å². The van der Waals surface area contributed by atoms with E-state index in [2.05, 4.69) is 29.4 Å². The number of nitrogens with two attached hydrogens (primary N) is 1. The summed E-state index contributed by atoms with van der Waals surface area (Å²) in [6, 6.07) is 5.93. The van der Waals surface area contributed by atoms with Gasteiger partial charge < -0.3 is 10.5 Å². The molecule has 0 fully saturated rings. The summed E-state index contributed by atoms with van der Waals surface area (Å²) in [6.07, 6.45) is 0. The summed E-state index contributed by atoms with van der Waals surface area (Å²) >= 11 is 0. The van der Waals surface area contributed by atoms with Gasteiger partial charge in [0.05, 0.1) is 12.6 Å². The van der Waals surface area contributed by atoms with Crippen LogP contribution in [0.4, 0.5) is 5.69 Å². The van der Waals surface area contributed by atoms with Crippen LogP contribution in [-0.4, -0.2) is 33.9 Å². The molecule has 1 unspecified atom stereocenters. The molecule has 1 heterocycles. The zero-order valence-electron chi connectivity index (χ0n) is 12.4. The van der Waals surface area contributed by atoms with Crippen LogP contribution in [0.15, 0.2) is 18.2 Å². The minimum absolute atomic E-state index is 0.0740. The van der Waals surface area contributed by atoms with Crippen molar-refractivity contribution in [1.82, 2.24) is 20.2 Å². The topological polar surface area (TPSA) is 78.8 Å². The minimum Gasteiger partial charge on any atom is -0.398 e. The first kappa shape index (κ1) is 14.5. The van der Waals surface area contributed by atoms with Crippen LogP contribution >= 0.6 is 0 Å². The number of benzene rings is 1. The molecule has 6 nitrogen and oxygen atoms in total. The predicted octanol–water partition coefficient (Wildman–Crippen LogP) is 2.07. The standard InChI is InChI=1S/C14H21N5O/c1-9(2)13(8-20-4)19-14(16-17-18-19)11-7-10(3)5-6-12(11)15/h5-7,9,13H,8,15H2,1-4H3. The number of nitrogens with zero attached hydrogens (tertiary/aromatic N) is 4. The second kappa shape index (κ2) is 6.00. The maximum absolute atomic E-state index is 6.06. The van der Waals surface area contributed by atoms with Gasteiger partial charge in [-0.3, -0.25) is 0 Å². The minimum atomic E-state index is 0.0740. The van der Waals surface area contributed by atoms with Crippen molar-refractivity contribution in [2.75, 3.05) is 19.5 Å². The summed E-state index contributed by atoms with van der Waals surface area (Å²) in [5, 5.41) is 12.1. The Hall–Kier alpha value is -1.95. The lowest BCUT2D eigenvalue weighted by Gasteiger charge is -2.21. The molecule has 2 rings (SSSR count). The van der Waals surface area contributed by atoms with E-state index in [-0.39, 0.29) is 6.04 Å². The van der Waals surface area contributed by atoms with Gasteiger partial charge in [0.1, 0.15) is 0 Å². The first-order valence-electron chi connectivity index (χ1n) is 6.68. The first-order valence-corrected chi connectivity index (χ1v) is 6.68. The summed E-state index contributed by atoms with van der Waals surface area (Å²) in [5.74, 6) is 1.03. The second-order valence-electron chi connectivity index (χ2n) is 5.30. The Kier molecular flexibility index (Phi) is 4.34. The van der Waals surface area contributed by atoms with Crippen molar-refractivity contribution in [3.05, 3.63) is 23.8 Å². The largest absolute Gasteiger partial charge is 0.398 e.